The van der Waals surface area contributed by atoms with Crippen LogP contribution in [0.3, 0.4) is 0 Å². The summed E-state index contributed by atoms with van der Waals surface area (Å²) in [7, 11) is 0. The van der Waals surface area contributed by atoms with Crippen LogP contribution in [-0.2, 0) is 4.79 Å². The van der Waals surface area contributed by atoms with Gasteiger partial charge in [-0.2, -0.15) is 4.37 Å². The van der Waals surface area contributed by atoms with Gasteiger partial charge in [0.2, 0.25) is 0 Å². The van der Waals surface area contributed by atoms with E-state index in [1.165, 1.54) is 11.5 Å². The van der Waals surface area contributed by atoms with Crippen LogP contribution in [0.5, 0.6) is 0 Å². The Balaban J connectivity index is 2.13. The Hall–Kier alpha value is -0.620. The second-order valence-corrected chi connectivity index (χ2v) is 8.80. The van der Waals surface area contributed by atoms with Gasteiger partial charge in [0.25, 0.3) is 0 Å². The van der Waals surface area contributed by atoms with E-state index in [4.69, 9.17) is 0 Å². The molecule has 0 amide bonds. The van der Waals surface area contributed by atoms with E-state index in [9.17, 15) is 9.90 Å². The summed E-state index contributed by atoms with van der Waals surface area (Å²) in [5.41, 5.74) is 0.277. The van der Waals surface area contributed by atoms with Crippen LogP contribution >= 0.6 is 23.3 Å². The molecule has 1 N–H and O–H groups in total. The highest BCUT2D eigenvalue weighted by molar-refractivity contribution is 8.01. The number of thioether (sulfide) groups is 1. The van der Waals surface area contributed by atoms with Gasteiger partial charge in [-0.15, -0.1) is 0 Å². The second-order valence-electron chi connectivity index (χ2n) is 6.56. The maximum atomic E-state index is 11.5. The second kappa shape index (κ2) is 6.65. The molecule has 1 saturated carbocycles. The minimum absolute atomic E-state index is 0.111. The summed E-state index contributed by atoms with van der Waals surface area (Å²) in [4.78, 5) is 15.9. The van der Waals surface area contributed by atoms with Crippen LogP contribution in [0.1, 0.15) is 52.3 Å². The van der Waals surface area contributed by atoms with Crippen LogP contribution in [0.25, 0.3) is 0 Å². The lowest BCUT2D eigenvalue weighted by molar-refractivity contribution is -0.143. The minimum atomic E-state index is -0.665. The number of hydrogen-bond donors (Lipinski definition) is 1. The molecule has 4 nitrogen and oxygen atoms in total. The van der Waals surface area contributed by atoms with E-state index in [0.29, 0.717) is 5.92 Å². The predicted molar refractivity (Wildman–Crippen MR) is 86.8 cm³/mol. The molecule has 1 fully saturated rings. The van der Waals surface area contributed by atoms with Crippen molar-refractivity contribution in [2.45, 2.75) is 63.0 Å². The number of carboxylic acid groups (broad SMARTS) is 1. The Labute approximate surface area is 134 Å². The SMILES string of the molecule is CCC(C)(C)C1CCC(C(=O)O)C(Sc2nc(C)ns2)C1. The summed E-state index contributed by atoms with van der Waals surface area (Å²) in [5.74, 6) is 0.435. The highest BCUT2D eigenvalue weighted by atomic mass is 32.2. The molecule has 6 heteroatoms. The fraction of sp³-hybridized carbons (Fsp3) is 0.800. The van der Waals surface area contributed by atoms with Crippen molar-refractivity contribution in [3.8, 4) is 0 Å². The minimum Gasteiger partial charge on any atom is -0.481 e. The number of aliphatic carboxylic acids is 1. The molecule has 0 spiro atoms. The van der Waals surface area contributed by atoms with Gasteiger partial charge in [0.05, 0.1) is 5.92 Å². The number of rotatable bonds is 5. The van der Waals surface area contributed by atoms with Gasteiger partial charge in [0.15, 0.2) is 4.34 Å². The van der Waals surface area contributed by atoms with Crippen LogP contribution in [0.2, 0.25) is 0 Å². The fourth-order valence-corrected chi connectivity index (χ4v) is 5.26. The number of carbonyl (C=O) groups is 1. The third kappa shape index (κ3) is 3.97. The zero-order valence-electron chi connectivity index (χ0n) is 13.1. The van der Waals surface area contributed by atoms with Crippen LogP contribution in [0.4, 0.5) is 0 Å². The van der Waals surface area contributed by atoms with Crippen LogP contribution < -0.4 is 0 Å². The van der Waals surface area contributed by atoms with Gasteiger partial charge >= 0.3 is 5.97 Å². The quantitative estimate of drug-likeness (QED) is 0.875. The number of aryl methyl sites for hydroxylation is 1. The fourth-order valence-electron chi connectivity index (χ4n) is 3.00. The Kier molecular flexibility index (Phi) is 5.30. The molecule has 0 bridgehead atoms. The van der Waals surface area contributed by atoms with Crippen molar-refractivity contribution in [2.24, 2.45) is 17.3 Å². The first-order chi connectivity index (χ1) is 9.83. The largest absolute Gasteiger partial charge is 0.481 e. The van der Waals surface area contributed by atoms with Gasteiger partial charge < -0.3 is 5.11 Å². The summed E-state index contributed by atoms with van der Waals surface area (Å²) >= 11 is 3.00. The van der Waals surface area contributed by atoms with Crippen molar-refractivity contribution in [3.63, 3.8) is 0 Å². The van der Waals surface area contributed by atoms with Crippen molar-refractivity contribution in [2.75, 3.05) is 0 Å². The number of hydrogen-bond acceptors (Lipinski definition) is 5. The lowest BCUT2D eigenvalue weighted by Gasteiger charge is -2.41. The third-order valence-corrected chi connectivity index (χ3v) is 7.12. The lowest BCUT2D eigenvalue weighted by Crippen LogP contribution is -2.37. The Morgan fingerprint density at radius 2 is 2.19 bits per heavy atom. The molecule has 3 unspecified atom stereocenters. The smallest absolute Gasteiger partial charge is 0.307 e. The van der Waals surface area contributed by atoms with Crippen molar-refractivity contribution >= 4 is 29.3 Å². The number of carboxylic acids is 1. The molecule has 2 rings (SSSR count). The summed E-state index contributed by atoms with van der Waals surface area (Å²) in [6, 6.07) is 0. The summed E-state index contributed by atoms with van der Waals surface area (Å²) < 4.78 is 5.10. The van der Waals surface area contributed by atoms with Gasteiger partial charge in [-0.05, 0) is 49.1 Å². The monoisotopic (exact) mass is 328 g/mol. The van der Waals surface area contributed by atoms with Gasteiger partial charge in [0, 0.05) is 5.25 Å². The number of aromatic nitrogens is 2. The van der Waals surface area contributed by atoms with Crippen molar-refractivity contribution in [1.29, 1.82) is 0 Å². The maximum Gasteiger partial charge on any atom is 0.307 e. The molecule has 1 aromatic heterocycles. The molecule has 1 heterocycles. The number of nitrogens with zero attached hydrogens (tertiary/aromatic N) is 2. The average molecular weight is 329 g/mol. The molecule has 1 aromatic rings. The van der Waals surface area contributed by atoms with Gasteiger partial charge in [-0.1, -0.05) is 39.0 Å². The molecule has 118 valence electrons. The van der Waals surface area contributed by atoms with E-state index in [1.807, 2.05) is 6.92 Å². The van der Waals surface area contributed by atoms with Crippen molar-refractivity contribution in [1.82, 2.24) is 9.36 Å². The maximum absolute atomic E-state index is 11.5. The van der Waals surface area contributed by atoms with Crippen LogP contribution in [0.15, 0.2) is 4.34 Å². The lowest BCUT2D eigenvalue weighted by atomic mass is 9.67. The molecule has 21 heavy (non-hydrogen) atoms. The zero-order chi connectivity index (χ0) is 15.6. The Morgan fingerprint density at radius 3 is 2.71 bits per heavy atom. The van der Waals surface area contributed by atoms with E-state index >= 15 is 0 Å². The first kappa shape index (κ1) is 16.7. The summed E-state index contributed by atoms with van der Waals surface area (Å²) in [6.07, 6.45) is 3.88. The highest BCUT2D eigenvalue weighted by Gasteiger charge is 2.40. The highest BCUT2D eigenvalue weighted by Crippen LogP contribution is 2.47. The van der Waals surface area contributed by atoms with Crippen molar-refractivity contribution < 1.29 is 9.90 Å². The van der Waals surface area contributed by atoms with Crippen LogP contribution in [-0.4, -0.2) is 25.7 Å². The molecule has 3 atom stereocenters. The molecular weight excluding hydrogens is 304 g/mol. The molecule has 0 aromatic carbocycles. The molecule has 1 aliphatic rings. The first-order valence-electron chi connectivity index (χ1n) is 7.53. The molecular formula is C15H24N2O2S2. The van der Waals surface area contributed by atoms with Crippen molar-refractivity contribution in [3.05, 3.63) is 5.82 Å². The standard InChI is InChI=1S/C15H24N2O2S2/c1-5-15(3,4)10-6-7-11(13(18)19)12(8-10)20-14-16-9(2)17-21-14/h10-12H,5-8H2,1-4H3,(H,18,19). The molecule has 0 saturated heterocycles. The summed E-state index contributed by atoms with van der Waals surface area (Å²) in [6.45, 7) is 8.70. The Morgan fingerprint density at radius 1 is 1.48 bits per heavy atom. The van der Waals surface area contributed by atoms with E-state index in [-0.39, 0.29) is 16.6 Å². The molecule has 1 aliphatic carbocycles. The van der Waals surface area contributed by atoms with Gasteiger partial charge in [-0.3, -0.25) is 4.79 Å². The topological polar surface area (TPSA) is 63.1 Å². The van der Waals surface area contributed by atoms with Gasteiger partial charge in [-0.25, -0.2) is 4.98 Å². The van der Waals surface area contributed by atoms with Crippen LogP contribution in [0, 0.1) is 24.2 Å². The normalized spacial score (nSPS) is 26.8. The van der Waals surface area contributed by atoms with E-state index in [2.05, 4.69) is 30.1 Å². The van der Waals surface area contributed by atoms with E-state index in [0.717, 1.165) is 35.8 Å². The zero-order valence-corrected chi connectivity index (χ0v) is 14.8. The molecule has 0 radical (unpaired) electrons. The Bertz CT molecular complexity index is 502. The van der Waals surface area contributed by atoms with Gasteiger partial charge in [0.1, 0.15) is 5.82 Å². The third-order valence-electron chi connectivity index (χ3n) is 4.89. The predicted octanol–water partition coefficient (Wildman–Crippen LogP) is 4.24. The van der Waals surface area contributed by atoms with E-state index < -0.39 is 5.97 Å². The molecule has 0 aliphatic heterocycles. The van der Waals surface area contributed by atoms with E-state index in [1.54, 1.807) is 11.8 Å². The first-order valence-corrected chi connectivity index (χ1v) is 9.18. The average Bonchev–Trinajstić information content (AvgIpc) is 2.83. The summed E-state index contributed by atoms with van der Waals surface area (Å²) in [5, 5.41) is 9.60.